The molecule has 4 saturated carbocycles. The van der Waals surface area contributed by atoms with Crippen LogP contribution in [0, 0.1) is 23.2 Å². The average Bonchev–Trinajstić information content (AvgIpc) is 2.59. The molecule has 4 nitrogen and oxygen atoms in total. The van der Waals surface area contributed by atoms with E-state index in [1.165, 1.54) is 19.3 Å². The molecule has 1 heterocycles. The molecule has 1 aliphatic heterocycles. The zero-order chi connectivity index (χ0) is 17.1. The Morgan fingerprint density at radius 2 is 1.76 bits per heavy atom. The minimum atomic E-state index is -1.02. The Morgan fingerprint density at radius 3 is 2.44 bits per heavy atom. The molecule has 4 bridgehead atoms. The smallest absolute Gasteiger partial charge is 0.226 e. The number of aliphatic hydroxyl groups is 1. The van der Waals surface area contributed by atoms with E-state index >= 15 is 0 Å². The normalized spacial score (nSPS) is 41.1. The van der Waals surface area contributed by atoms with Crippen molar-refractivity contribution in [3.05, 3.63) is 29.8 Å². The largest absolute Gasteiger partial charge is 0.493 e. The van der Waals surface area contributed by atoms with Crippen LogP contribution in [0.5, 0.6) is 5.75 Å². The van der Waals surface area contributed by atoms with E-state index < -0.39 is 5.60 Å². The number of carbonyl (C=O) groups is 1. The molecule has 1 aromatic carbocycles. The van der Waals surface area contributed by atoms with Gasteiger partial charge in [-0.05, 0) is 62.3 Å². The van der Waals surface area contributed by atoms with Gasteiger partial charge >= 0.3 is 0 Å². The number of fused-ring (bicyclic) bond motifs is 1. The van der Waals surface area contributed by atoms with Gasteiger partial charge in [-0.1, -0.05) is 18.2 Å². The van der Waals surface area contributed by atoms with Gasteiger partial charge in [0.2, 0.25) is 5.91 Å². The highest BCUT2D eigenvalue weighted by molar-refractivity contribution is 5.83. The second kappa shape index (κ2) is 5.47. The average molecular weight is 341 g/mol. The number of carbonyl (C=O) groups excluding carboxylic acids is 1. The van der Waals surface area contributed by atoms with E-state index in [1.807, 2.05) is 24.3 Å². The van der Waals surface area contributed by atoms with Crippen LogP contribution in [-0.4, -0.2) is 24.2 Å². The van der Waals surface area contributed by atoms with Gasteiger partial charge in [0.25, 0.3) is 0 Å². The monoisotopic (exact) mass is 341 g/mol. The number of hydrogen-bond donors (Lipinski definition) is 2. The predicted octanol–water partition coefficient (Wildman–Crippen LogP) is 2.99. The first-order valence-electron chi connectivity index (χ1n) is 9.79. The number of hydrogen-bond acceptors (Lipinski definition) is 3. The van der Waals surface area contributed by atoms with Crippen molar-refractivity contribution in [2.24, 2.45) is 23.2 Å². The predicted molar refractivity (Wildman–Crippen MR) is 94.1 cm³/mol. The minimum absolute atomic E-state index is 0.157. The van der Waals surface area contributed by atoms with Gasteiger partial charge in [-0.2, -0.15) is 0 Å². The molecule has 4 heteroatoms. The molecule has 0 spiro atoms. The number of nitrogens with one attached hydrogen (secondary N) is 1. The van der Waals surface area contributed by atoms with Crippen molar-refractivity contribution in [3.8, 4) is 5.75 Å². The first kappa shape index (κ1) is 15.7. The van der Waals surface area contributed by atoms with Crippen LogP contribution in [0.4, 0.5) is 0 Å². The Morgan fingerprint density at radius 1 is 1.12 bits per heavy atom. The Hall–Kier alpha value is -1.55. The molecule has 1 amide bonds. The molecule has 4 fully saturated rings. The quantitative estimate of drug-likeness (QED) is 0.888. The third-order valence-corrected chi connectivity index (χ3v) is 7.22. The van der Waals surface area contributed by atoms with Crippen LogP contribution < -0.4 is 10.1 Å². The molecule has 6 rings (SSSR count). The molecular weight excluding hydrogens is 314 g/mol. The van der Waals surface area contributed by atoms with Gasteiger partial charge in [-0.15, -0.1) is 0 Å². The zero-order valence-corrected chi connectivity index (χ0v) is 14.7. The van der Waals surface area contributed by atoms with Gasteiger partial charge in [0.1, 0.15) is 11.4 Å². The van der Waals surface area contributed by atoms with Gasteiger partial charge in [0.15, 0.2) is 0 Å². The van der Waals surface area contributed by atoms with Gasteiger partial charge in [-0.3, -0.25) is 4.79 Å². The number of ether oxygens (including phenoxy) is 1. The zero-order valence-electron chi connectivity index (χ0n) is 14.7. The number of benzene rings is 1. The summed E-state index contributed by atoms with van der Waals surface area (Å²) in [5.74, 6) is 3.18. The van der Waals surface area contributed by atoms with Crippen molar-refractivity contribution >= 4 is 5.91 Å². The maximum absolute atomic E-state index is 13.1. The summed E-state index contributed by atoms with van der Waals surface area (Å²) in [6.45, 7) is 0.773. The van der Waals surface area contributed by atoms with Crippen LogP contribution >= 0.6 is 0 Å². The van der Waals surface area contributed by atoms with Crippen molar-refractivity contribution in [1.29, 1.82) is 0 Å². The lowest BCUT2D eigenvalue weighted by Gasteiger charge is -2.55. The maximum Gasteiger partial charge on any atom is 0.226 e. The minimum Gasteiger partial charge on any atom is -0.493 e. The summed E-state index contributed by atoms with van der Waals surface area (Å²) in [7, 11) is 0. The Bertz CT molecular complexity index is 665. The molecule has 1 aromatic rings. The summed E-state index contributed by atoms with van der Waals surface area (Å²) in [5.41, 5.74) is -0.380. The SMILES string of the molecule is O=C(NC[C@]1(O)CCOc2ccccc21)C12CC3CC(CC(C3)C1)C2. The topological polar surface area (TPSA) is 58.6 Å². The van der Waals surface area contributed by atoms with Gasteiger partial charge in [0.05, 0.1) is 13.2 Å². The Kier molecular flexibility index (Phi) is 3.43. The Balaban J connectivity index is 1.33. The summed E-state index contributed by atoms with van der Waals surface area (Å²) < 4.78 is 5.65. The van der Waals surface area contributed by atoms with Crippen molar-refractivity contribution < 1.29 is 14.6 Å². The fourth-order valence-electron chi connectivity index (χ4n) is 6.43. The number of rotatable bonds is 3. The van der Waals surface area contributed by atoms with Crippen molar-refractivity contribution in [2.75, 3.05) is 13.2 Å². The van der Waals surface area contributed by atoms with Crippen molar-refractivity contribution in [1.82, 2.24) is 5.32 Å². The lowest BCUT2D eigenvalue weighted by Crippen LogP contribution is -2.55. The van der Waals surface area contributed by atoms with Gasteiger partial charge in [0, 0.05) is 17.4 Å². The third-order valence-electron chi connectivity index (χ3n) is 7.22. The summed E-state index contributed by atoms with van der Waals surface area (Å²) in [5, 5.41) is 14.3. The Labute approximate surface area is 149 Å². The maximum atomic E-state index is 13.1. The summed E-state index contributed by atoms with van der Waals surface area (Å²) >= 11 is 0. The molecule has 4 aliphatic carbocycles. The van der Waals surface area contributed by atoms with Crippen LogP contribution in [0.2, 0.25) is 0 Å². The molecule has 2 N–H and O–H groups in total. The molecule has 25 heavy (non-hydrogen) atoms. The molecule has 0 unspecified atom stereocenters. The van der Waals surface area contributed by atoms with E-state index in [1.54, 1.807) is 0 Å². The van der Waals surface area contributed by atoms with E-state index in [0.717, 1.165) is 48.3 Å². The first-order chi connectivity index (χ1) is 12.1. The molecule has 0 aromatic heterocycles. The van der Waals surface area contributed by atoms with E-state index in [0.29, 0.717) is 13.0 Å². The first-order valence-corrected chi connectivity index (χ1v) is 9.79. The second-order valence-corrected chi connectivity index (χ2v) is 9.01. The van der Waals surface area contributed by atoms with Crippen molar-refractivity contribution in [2.45, 2.75) is 50.5 Å². The standard InChI is InChI=1S/C21H27NO3/c23-19(20-10-14-7-15(11-20)9-16(8-14)12-20)22-13-21(24)5-6-25-18-4-2-1-3-17(18)21/h1-4,14-16,24H,5-13H2,(H,22,23)/t14?,15?,16?,20?,21-/m1/s1. The van der Waals surface area contributed by atoms with Crippen LogP contribution in [0.15, 0.2) is 24.3 Å². The van der Waals surface area contributed by atoms with Crippen LogP contribution in [-0.2, 0) is 10.4 Å². The lowest BCUT2D eigenvalue weighted by molar-refractivity contribution is -0.147. The lowest BCUT2D eigenvalue weighted by atomic mass is 9.49. The molecule has 0 saturated heterocycles. The number of amides is 1. The second-order valence-electron chi connectivity index (χ2n) is 9.01. The number of para-hydroxylation sites is 1. The van der Waals surface area contributed by atoms with Crippen molar-refractivity contribution in [3.63, 3.8) is 0 Å². The fraction of sp³-hybridized carbons (Fsp3) is 0.667. The highest BCUT2D eigenvalue weighted by Gasteiger charge is 2.54. The molecule has 134 valence electrons. The van der Waals surface area contributed by atoms with E-state index in [2.05, 4.69) is 5.32 Å². The van der Waals surface area contributed by atoms with Gasteiger partial charge in [-0.25, -0.2) is 0 Å². The van der Waals surface area contributed by atoms with E-state index in [9.17, 15) is 9.90 Å². The fourth-order valence-corrected chi connectivity index (χ4v) is 6.43. The molecule has 0 radical (unpaired) electrons. The van der Waals surface area contributed by atoms with E-state index in [-0.39, 0.29) is 17.9 Å². The highest BCUT2D eigenvalue weighted by Crippen LogP contribution is 2.60. The summed E-state index contributed by atoms with van der Waals surface area (Å²) in [4.78, 5) is 13.1. The molecule has 5 aliphatic rings. The summed E-state index contributed by atoms with van der Waals surface area (Å²) in [6, 6.07) is 7.63. The van der Waals surface area contributed by atoms with Crippen LogP contribution in [0.3, 0.4) is 0 Å². The highest BCUT2D eigenvalue weighted by atomic mass is 16.5. The van der Waals surface area contributed by atoms with Crippen LogP contribution in [0.25, 0.3) is 0 Å². The molecular formula is C21H27NO3. The third kappa shape index (κ3) is 2.49. The van der Waals surface area contributed by atoms with Gasteiger partial charge < -0.3 is 15.2 Å². The van der Waals surface area contributed by atoms with Crippen LogP contribution in [0.1, 0.15) is 50.5 Å². The van der Waals surface area contributed by atoms with E-state index in [4.69, 9.17) is 4.74 Å². The molecule has 1 atom stereocenters. The summed E-state index contributed by atoms with van der Waals surface area (Å²) in [6.07, 6.45) is 7.70.